The van der Waals surface area contributed by atoms with Gasteiger partial charge < -0.3 is 9.47 Å². The van der Waals surface area contributed by atoms with Crippen LogP contribution in [0.1, 0.15) is 46.5 Å². The fourth-order valence-corrected chi connectivity index (χ4v) is 2.61. The van der Waals surface area contributed by atoms with Gasteiger partial charge in [0, 0.05) is 5.54 Å². The van der Waals surface area contributed by atoms with Gasteiger partial charge in [0.2, 0.25) is 0 Å². The van der Waals surface area contributed by atoms with Crippen LogP contribution in [0.5, 0.6) is 0 Å². The summed E-state index contributed by atoms with van der Waals surface area (Å²) in [6.45, 7) is 5.48. The second-order valence-electron chi connectivity index (χ2n) is 6.15. The van der Waals surface area contributed by atoms with Gasteiger partial charge in [-0.2, -0.15) is 0 Å². The molecule has 1 saturated carbocycles. The molecule has 102 valence electrons. The van der Waals surface area contributed by atoms with Crippen molar-refractivity contribution in [1.29, 1.82) is 0 Å². The molecule has 1 aliphatic heterocycles. The molecule has 2 rings (SSSR count). The van der Waals surface area contributed by atoms with Gasteiger partial charge in [-0.05, 0) is 46.5 Å². The first-order valence-corrected chi connectivity index (χ1v) is 6.39. The summed E-state index contributed by atoms with van der Waals surface area (Å²) >= 11 is 0. The molecule has 0 aromatic carbocycles. The molecule has 0 unspecified atom stereocenters. The van der Waals surface area contributed by atoms with Crippen LogP contribution in [0.25, 0.3) is 0 Å². The Morgan fingerprint density at radius 2 is 1.83 bits per heavy atom. The van der Waals surface area contributed by atoms with Crippen molar-refractivity contribution in [2.45, 2.75) is 63.6 Å². The van der Waals surface area contributed by atoms with Crippen LogP contribution >= 0.6 is 0 Å². The van der Waals surface area contributed by atoms with Crippen LogP contribution in [0.4, 0.5) is 4.79 Å². The van der Waals surface area contributed by atoms with E-state index in [1.165, 1.54) is 7.11 Å². The smallest absolute Gasteiger partial charge is 0.411 e. The predicted octanol–water partition coefficient (Wildman–Crippen LogP) is 2.09. The van der Waals surface area contributed by atoms with Gasteiger partial charge in [0.1, 0.15) is 11.6 Å². The van der Waals surface area contributed by atoms with E-state index < -0.39 is 17.7 Å². The first-order chi connectivity index (χ1) is 8.29. The lowest BCUT2D eigenvalue weighted by Crippen LogP contribution is -2.48. The molecule has 2 fully saturated rings. The van der Waals surface area contributed by atoms with Gasteiger partial charge in [-0.25, -0.2) is 9.59 Å². The largest absolute Gasteiger partial charge is 0.467 e. The van der Waals surface area contributed by atoms with Gasteiger partial charge in [0.05, 0.1) is 7.11 Å². The van der Waals surface area contributed by atoms with Crippen molar-refractivity contribution in [2.24, 2.45) is 0 Å². The third-order valence-corrected chi connectivity index (χ3v) is 3.60. The highest BCUT2D eigenvalue weighted by atomic mass is 16.6. The number of methoxy groups -OCH3 is 1. The summed E-state index contributed by atoms with van der Waals surface area (Å²) in [5, 5.41) is 0. The van der Waals surface area contributed by atoms with Crippen LogP contribution < -0.4 is 0 Å². The molecule has 5 nitrogen and oxygen atoms in total. The van der Waals surface area contributed by atoms with E-state index >= 15 is 0 Å². The Balaban J connectivity index is 2.15. The summed E-state index contributed by atoms with van der Waals surface area (Å²) in [6.07, 6.45) is 3.06. The SMILES string of the molecule is COC(=O)[C@@H]1CCC2(CC2)N1C(=O)OC(C)(C)C. The van der Waals surface area contributed by atoms with Gasteiger partial charge >= 0.3 is 12.1 Å². The number of hydrogen-bond donors (Lipinski definition) is 0. The number of ether oxygens (including phenoxy) is 2. The number of carbonyl (C=O) groups excluding carboxylic acids is 2. The Bertz CT molecular complexity index is 368. The van der Waals surface area contributed by atoms with Crippen LogP contribution in [0.2, 0.25) is 0 Å². The molecule has 1 aliphatic carbocycles. The minimum absolute atomic E-state index is 0.138. The molecular weight excluding hydrogens is 234 g/mol. The molecule has 1 amide bonds. The number of amides is 1. The zero-order valence-corrected chi connectivity index (χ0v) is 11.5. The third kappa shape index (κ3) is 2.31. The standard InChI is InChI=1S/C13H21NO4/c1-12(2,3)18-11(16)14-9(10(15)17-4)5-6-13(14)7-8-13/h9H,5-8H2,1-4H3/t9-/m0/s1. The molecule has 0 N–H and O–H groups in total. The first kappa shape index (κ1) is 13.2. The van der Waals surface area contributed by atoms with E-state index in [4.69, 9.17) is 9.47 Å². The van der Waals surface area contributed by atoms with Gasteiger partial charge in [0.25, 0.3) is 0 Å². The van der Waals surface area contributed by atoms with E-state index in [0.29, 0.717) is 6.42 Å². The molecule has 0 aromatic heterocycles. The van der Waals surface area contributed by atoms with Crippen LogP contribution in [0.3, 0.4) is 0 Å². The Hall–Kier alpha value is -1.26. The van der Waals surface area contributed by atoms with Crippen LogP contribution in [-0.4, -0.2) is 41.3 Å². The minimum Gasteiger partial charge on any atom is -0.467 e. The fraction of sp³-hybridized carbons (Fsp3) is 0.846. The van der Waals surface area contributed by atoms with Crippen LogP contribution in [-0.2, 0) is 14.3 Å². The predicted molar refractivity (Wildman–Crippen MR) is 65.1 cm³/mol. The Kier molecular flexibility index (Phi) is 3.03. The van der Waals surface area contributed by atoms with Crippen molar-refractivity contribution in [3.05, 3.63) is 0 Å². The van der Waals surface area contributed by atoms with Crippen molar-refractivity contribution in [1.82, 2.24) is 4.90 Å². The van der Waals surface area contributed by atoms with Crippen molar-refractivity contribution < 1.29 is 19.1 Å². The topological polar surface area (TPSA) is 55.8 Å². The van der Waals surface area contributed by atoms with E-state index in [9.17, 15) is 9.59 Å². The van der Waals surface area contributed by atoms with Crippen molar-refractivity contribution in [3.8, 4) is 0 Å². The molecule has 2 aliphatic rings. The van der Waals surface area contributed by atoms with Crippen LogP contribution in [0, 0.1) is 0 Å². The van der Waals surface area contributed by atoms with E-state index in [2.05, 4.69) is 0 Å². The van der Waals surface area contributed by atoms with Crippen LogP contribution in [0.15, 0.2) is 0 Å². The van der Waals surface area contributed by atoms with Crippen molar-refractivity contribution in [3.63, 3.8) is 0 Å². The number of nitrogens with zero attached hydrogens (tertiary/aromatic N) is 1. The lowest BCUT2D eigenvalue weighted by atomic mass is 10.2. The second-order valence-corrected chi connectivity index (χ2v) is 6.15. The average molecular weight is 255 g/mol. The highest BCUT2D eigenvalue weighted by molar-refractivity contribution is 5.83. The highest BCUT2D eigenvalue weighted by Gasteiger charge is 2.59. The average Bonchev–Trinajstić information content (AvgIpc) is 2.88. The highest BCUT2D eigenvalue weighted by Crippen LogP contribution is 2.52. The van der Waals surface area contributed by atoms with Gasteiger partial charge in [-0.3, -0.25) is 4.90 Å². The monoisotopic (exact) mass is 255 g/mol. The third-order valence-electron chi connectivity index (χ3n) is 3.60. The maximum atomic E-state index is 12.2. The Morgan fingerprint density at radius 1 is 1.22 bits per heavy atom. The van der Waals surface area contributed by atoms with E-state index in [1.807, 2.05) is 20.8 Å². The zero-order chi connectivity index (χ0) is 13.6. The summed E-state index contributed by atoms with van der Waals surface area (Å²) in [6, 6.07) is -0.479. The van der Waals surface area contributed by atoms with Crippen molar-refractivity contribution in [2.75, 3.05) is 7.11 Å². The molecule has 0 radical (unpaired) electrons. The number of likely N-dealkylation sites (tertiary alicyclic amines) is 1. The van der Waals surface area contributed by atoms with Crippen molar-refractivity contribution >= 4 is 12.1 Å². The van der Waals surface area contributed by atoms with Gasteiger partial charge in [0.15, 0.2) is 0 Å². The molecule has 0 bridgehead atoms. The summed E-state index contributed by atoms with van der Waals surface area (Å²) in [4.78, 5) is 25.6. The first-order valence-electron chi connectivity index (χ1n) is 6.39. The minimum atomic E-state index is -0.545. The molecule has 1 spiro atoms. The molecule has 18 heavy (non-hydrogen) atoms. The molecule has 1 atom stereocenters. The fourth-order valence-electron chi connectivity index (χ4n) is 2.61. The maximum Gasteiger partial charge on any atom is 0.411 e. The molecule has 1 saturated heterocycles. The Labute approximate surface area is 107 Å². The summed E-state index contributed by atoms with van der Waals surface area (Å²) in [5.41, 5.74) is -0.683. The summed E-state index contributed by atoms with van der Waals surface area (Å²) in [7, 11) is 1.35. The Morgan fingerprint density at radius 3 is 2.28 bits per heavy atom. The lowest BCUT2D eigenvalue weighted by molar-refractivity contribution is -0.146. The molecule has 0 aromatic rings. The molecule has 1 heterocycles. The van der Waals surface area contributed by atoms with Gasteiger partial charge in [-0.1, -0.05) is 0 Å². The van der Waals surface area contributed by atoms with E-state index in [-0.39, 0.29) is 11.5 Å². The maximum absolute atomic E-state index is 12.2. The number of hydrogen-bond acceptors (Lipinski definition) is 4. The number of carbonyl (C=O) groups is 2. The number of esters is 1. The zero-order valence-electron chi connectivity index (χ0n) is 11.5. The number of rotatable bonds is 1. The quantitative estimate of drug-likeness (QED) is 0.673. The lowest BCUT2D eigenvalue weighted by Gasteiger charge is -2.31. The summed E-state index contributed by atoms with van der Waals surface area (Å²) < 4.78 is 10.2. The molecular formula is C13H21NO4. The second kappa shape index (κ2) is 4.14. The van der Waals surface area contributed by atoms with E-state index in [1.54, 1.807) is 4.90 Å². The molecule has 5 heteroatoms. The normalized spacial score (nSPS) is 25.1. The van der Waals surface area contributed by atoms with Gasteiger partial charge in [-0.15, -0.1) is 0 Å². The van der Waals surface area contributed by atoms with E-state index in [0.717, 1.165) is 19.3 Å². The summed E-state index contributed by atoms with van der Waals surface area (Å²) in [5.74, 6) is -0.343.